The van der Waals surface area contributed by atoms with Crippen LogP contribution in [-0.4, -0.2) is 43.2 Å². The fraction of sp³-hybridized carbons (Fsp3) is 0.389. The molecule has 1 aromatic carbocycles. The van der Waals surface area contributed by atoms with E-state index >= 15 is 0 Å². The second-order valence-electron chi connectivity index (χ2n) is 5.67. The third-order valence-corrected chi connectivity index (χ3v) is 4.00. The quantitative estimate of drug-likeness (QED) is 0.653. The van der Waals surface area contributed by atoms with Crippen molar-refractivity contribution in [3.05, 3.63) is 59.7 Å². The predicted octanol–water partition coefficient (Wildman–Crippen LogP) is 2.56. The number of guanidine groups is 1. The second-order valence-corrected chi connectivity index (χ2v) is 5.67. The average Bonchev–Trinajstić information content (AvgIpc) is 2.98. The van der Waals surface area contributed by atoms with Crippen LogP contribution in [0, 0.1) is 5.82 Å². The van der Waals surface area contributed by atoms with Crippen LogP contribution in [0.25, 0.3) is 0 Å². The van der Waals surface area contributed by atoms with Crippen molar-refractivity contribution in [3.8, 4) is 0 Å². The first kappa shape index (κ1) is 18.0. The number of aliphatic imine (C=N–C) groups is 1. The number of aromatic nitrogens is 1. The van der Waals surface area contributed by atoms with Crippen LogP contribution in [0.2, 0.25) is 0 Å². The maximum atomic E-state index is 13.1. The molecule has 0 fully saturated rings. The van der Waals surface area contributed by atoms with E-state index in [0.717, 1.165) is 18.1 Å². The molecule has 1 aromatic heterocycles. The van der Waals surface area contributed by atoms with Crippen LogP contribution in [0.1, 0.15) is 17.4 Å². The molecule has 2 rings (SSSR count). The lowest BCUT2D eigenvalue weighted by atomic mass is 10.1. The van der Waals surface area contributed by atoms with Gasteiger partial charge in [-0.1, -0.05) is 12.1 Å². The highest BCUT2D eigenvalue weighted by Gasteiger charge is 2.14. The lowest BCUT2D eigenvalue weighted by Crippen LogP contribution is -2.40. The molecule has 0 spiro atoms. The Kier molecular flexibility index (Phi) is 6.37. The smallest absolute Gasteiger partial charge is 0.193 e. The molecule has 6 heteroatoms. The molecule has 1 heterocycles. The van der Waals surface area contributed by atoms with E-state index in [2.05, 4.69) is 20.9 Å². The molecule has 0 amide bonds. The number of ether oxygens (including phenoxy) is 1. The number of methoxy groups -OCH3 is 1. The highest BCUT2D eigenvalue weighted by molar-refractivity contribution is 5.79. The zero-order valence-corrected chi connectivity index (χ0v) is 14.7. The Morgan fingerprint density at radius 1 is 1.33 bits per heavy atom. The Balaban J connectivity index is 1.96. The van der Waals surface area contributed by atoms with Gasteiger partial charge in [0.25, 0.3) is 0 Å². The first-order valence-corrected chi connectivity index (χ1v) is 7.85. The van der Waals surface area contributed by atoms with Gasteiger partial charge in [0.05, 0.1) is 12.6 Å². The maximum absolute atomic E-state index is 13.1. The van der Waals surface area contributed by atoms with Crippen LogP contribution in [0.3, 0.4) is 0 Å². The molecule has 1 atom stereocenters. The van der Waals surface area contributed by atoms with Crippen LogP contribution < -0.4 is 5.32 Å². The number of nitrogens with one attached hydrogen (secondary N) is 1. The highest BCUT2D eigenvalue weighted by Crippen LogP contribution is 2.16. The van der Waals surface area contributed by atoms with Crippen molar-refractivity contribution in [2.75, 3.05) is 27.7 Å². The molecule has 24 heavy (non-hydrogen) atoms. The van der Waals surface area contributed by atoms with Gasteiger partial charge in [0.1, 0.15) is 5.82 Å². The Morgan fingerprint density at radius 2 is 2.04 bits per heavy atom. The topological polar surface area (TPSA) is 41.8 Å². The molecule has 130 valence electrons. The number of hydrogen-bond donors (Lipinski definition) is 1. The second kappa shape index (κ2) is 8.49. The summed E-state index contributed by atoms with van der Waals surface area (Å²) in [5, 5.41) is 3.31. The zero-order valence-electron chi connectivity index (χ0n) is 14.7. The van der Waals surface area contributed by atoms with Gasteiger partial charge in [0.2, 0.25) is 0 Å². The number of hydrogen-bond acceptors (Lipinski definition) is 2. The van der Waals surface area contributed by atoms with E-state index in [1.165, 1.54) is 17.8 Å². The van der Waals surface area contributed by atoms with E-state index in [-0.39, 0.29) is 11.9 Å². The standard InChI is InChI=1S/C18H25FN4O/c1-20-18(23(3)13-16-6-5-11-22(16)2)21-12-17(24-4)14-7-9-15(19)10-8-14/h5-11,17H,12-13H2,1-4H3,(H,20,21). The van der Waals surface area contributed by atoms with Gasteiger partial charge in [-0.15, -0.1) is 0 Å². The molecule has 0 saturated heterocycles. The summed E-state index contributed by atoms with van der Waals surface area (Å²) in [6, 6.07) is 10.5. The Hall–Kier alpha value is -2.34. The number of nitrogens with zero attached hydrogens (tertiary/aromatic N) is 3. The van der Waals surface area contributed by atoms with Gasteiger partial charge >= 0.3 is 0 Å². The number of benzene rings is 1. The van der Waals surface area contributed by atoms with Crippen molar-refractivity contribution in [2.45, 2.75) is 12.6 Å². The lowest BCUT2D eigenvalue weighted by Gasteiger charge is -2.24. The predicted molar refractivity (Wildman–Crippen MR) is 94.4 cm³/mol. The first-order chi connectivity index (χ1) is 11.5. The van der Waals surface area contributed by atoms with E-state index in [0.29, 0.717) is 6.54 Å². The summed E-state index contributed by atoms with van der Waals surface area (Å²) in [5.41, 5.74) is 2.12. The molecule has 2 aromatic rings. The molecule has 5 nitrogen and oxygen atoms in total. The van der Waals surface area contributed by atoms with E-state index in [9.17, 15) is 4.39 Å². The summed E-state index contributed by atoms with van der Waals surface area (Å²) in [4.78, 5) is 6.37. The number of halogens is 1. The molecule has 0 bridgehead atoms. The lowest BCUT2D eigenvalue weighted by molar-refractivity contribution is 0.106. The molecular formula is C18H25FN4O. The zero-order chi connectivity index (χ0) is 17.5. The third-order valence-electron chi connectivity index (χ3n) is 4.00. The Bertz CT molecular complexity index is 666. The van der Waals surface area contributed by atoms with E-state index < -0.39 is 0 Å². The summed E-state index contributed by atoms with van der Waals surface area (Å²) in [6.45, 7) is 1.30. The Morgan fingerprint density at radius 3 is 2.58 bits per heavy atom. The summed E-state index contributed by atoms with van der Waals surface area (Å²) in [5.74, 6) is 0.528. The minimum atomic E-state index is -0.250. The summed E-state index contributed by atoms with van der Waals surface area (Å²) >= 11 is 0. The number of aryl methyl sites for hydroxylation is 1. The van der Waals surface area contributed by atoms with Crippen molar-refractivity contribution >= 4 is 5.96 Å². The summed E-state index contributed by atoms with van der Waals surface area (Å²) in [7, 11) is 7.41. The van der Waals surface area contributed by atoms with Gasteiger partial charge in [-0.05, 0) is 29.8 Å². The van der Waals surface area contributed by atoms with Crippen LogP contribution >= 0.6 is 0 Å². The van der Waals surface area contributed by atoms with Gasteiger partial charge < -0.3 is 19.5 Å². The molecule has 0 aliphatic rings. The van der Waals surface area contributed by atoms with Crippen molar-refractivity contribution < 1.29 is 9.13 Å². The normalized spacial score (nSPS) is 13.0. The molecule has 0 saturated carbocycles. The highest BCUT2D eigenvalue weighted by atomic mass is 19.1. The fourth-order valence-corrected chi connectivity index (χ4v) is 2.56. The van der Waals surface area contributed by atoms with Gasteiger partial charge in [-0.25, -0.2) is 4.39 Å². The largest absolute Gasteiger partial charge is 0.375 e. The third kappa shape index (κ3) is 4.58. The average molecular weight is 332 g/mol. The fourth-order valence-electron chi connectivity index (χ4n) is 2.56. The molecule has 0 aliphatic carbocycles. The van der Waals surface area contributed by atoms with Gasteiger partial charge in [0.15, 0.2) is 5.96 Å². The molecule has 1 N–H and O–H groups in total. The van der Waals surface area contributed by atoms with Gasteiger partial charge in [0, 0.05) is 46.7 Å². The molecule has 1 unspecified atom stereocenters. The van der Waals surface area contributed by atoms with Gasteiger partial charge in [-0.3, -0.25) is 4.99 Å². The molecule has 0 radical (unpaired) electrons. The van der Waals surface area contributed by atoms with Crippen LogP contribution in [0.15, 0.2) is 47.6 Å². The number of rotatable bonds is 6. The van der Waals surface area contributed by atoms with Crippen LogP contribution in [0.5, 0.6) is 0 Å². The van der Waals surface area contributed by atoms with Crippen LogP contribution in [0.4, 0.5) is 4.39 Å². The van der Waals surface area contributed by atoms with Gasteiger partial charge in [-0.2, -0.15) is 0 Å². The van der Waals surface area contributed by atoms with E-state index in [1.54, 1.807) is 26.3 Å². The summed E-state index contributed by atoms with van der Waals surface area (Å²) in [6.07, 6.45) is 1.85. The monoisotopic (exact) mass is 332 g/mol. The SMILES string of the molecule is CN=C(NCC(OC)c1ccc(F)cc1)N(C)Cc1cccn1C. The minimum Gasteiger partial charge on any atom is -0.375 e. The Labute approximate surface area is 142 Å². The molecular weight excluding hydrogens is 307 g/mol. The van der Waals surface area contributed by atoms with Crippen molar-refractivity contribution in [1.82, 2.24) is 14.8 Å². The van der Waals surface area contributed by atoms with Crippen molar-refractivity contribution in [1.29, 1.82) is 0 Å². The van der Waals surface area contributed by atoms with Crippen LogP contribution in [-0.2, 0) is 18.3 Å². The maximum Gasteiger partial charge on any atom is 0.193 e. The van der Waals surface area contributed by atoms with E-state index in [1.807, 2.05) is 31.3 Å². The van der Waals surface area contributed by atoms with E-state index in [4.69, 9.17) is 4.74 Å². The minimum absolute atomic E-state index is 0.175. The van der Waals surface area contributed by atoms with Crippen molar-refractivity contribution in [2.24, 2.45) is 12.0 Å². The van der Waals surface area contributed by atoms with Crippen molar-refractivity contribution in [3.63, 3.8) is 0 Å². The first-order valence-electron chi connectivity index (χ1n) is 7.85. The molecule has 0 aliphatic heterocycles. The summed E-state index contributed by atoms with van der Waals surface area (Å²) < 4.78 is 20.7.